The normalized spacial score (nSPS) is 11.7. The number of amides is 1. The number of alkyl halides is 2. The molecule has 5 nitrogen and oxygen atoms in total. The minimum atomic E-state index is -2.63. The first-order valence-corrected chi connectivity index (χ1v) is 8.40. The van der Waals surface area contributed by atoms with Crippen LogP contribution in [0.1, 0.15) is 31.7 Å². The fraction of sp³-hybridized carbons (Fsp3) is 0.368. The molecule has 0 aliphatic carbocycles. The summed E-state index contributed by atoms with van der Waals surface area (Å²) in [4.78, 5) is 11.9. The van der Waals surface area contributed by atoms with Crippen molar-refractivity contribution in [3.8, 4) is 5.75 Å². The Labute approximate surface area is 151 Å². The number of nitrogens with zero attached hydrogens (tertiary/aromatic N) is 2. The summed E-state index contributed by atoms with van der Waals surface area (Å²) in [7, 11) is 1.59. The first-order valence-electron chi connectivity index (χ1n) is 8.40. The third-order valence-corrected chi connectivity index (χ3v) is 3.69. The molecule has 0 saturated heterocycles. The molecule has 0 fully saturated rings. The van der Waals surface area contributed by atoms with E-state index in [1.165, 1.54) is 6.08 Å². The lowest BCUT2D eigenvalue weighted by molar-refractivity contribution is -0.111. The van der Waals surface area contributed by atoms with Crippen LogP contribution >= 0.6 is 0 Å². The van der Waals surface area contributed by atoms with E-state index < -0.39 is 5.92 Å². The number of benzene rings is 1. The number of aryl methyl sites for hydroxylation is 1. The molecule has 0 radical (unpaired) electrons. The molecule has 1 aromatic heterocycles. The van der Waals surface area contributed by atoms with Crippen LogP contribution in [0.2, 0.25) is 0 Å². The van der Waals surface area contributed by atoms with Gasteiger partial charge in [-0.15, -0.1) is 0 Å². The van der Waals surface area contributed by atoms with Gasteiger partial charge < -0.3 is 10.1 Å². The Bertz CT molecular complexity index is 734. The van der Waals surface area contributed by atoms with Gasteiger partial charge >= 0.3 is 0 Å². The summed E-state index contributed by atoms with van der Waals surface area (Å²) in [5.74, 6) is -1.74. The Morgan fingerprint density at radius 2 is 2.00 bits per heavy atom. The molecule has 2 rings (SSSR count). The van der Waals surface area contributed by atoms with E-state index in [-0.39, 0.29) is 12.3 Å². The third-order valence-electron chi connectivity index (χ3n) is 3.69. The molecular weight excluding hydrogens is 340 g/mol. The van der Waals surface area contributed by atoms with Crippen molar-refractivity contribution in [3.63, 3.8) is 0 Å². The van der Waals surface area contributed by atoms with Crippen molar-refractivity contribution in [2.75, 3.05) is 12.4 Å². The van der Waals surface area contributed by atoms with Gasteiger partial charge in [0.1, 0.15) is 5.75 Å². The van der Waals surface area contributed by atoms with E-state index in [9.17, 15) is 13.6 Å². The van der Waals surface area contributed by atoms with Gasteiger partial charge in [-0.3, -0.25) is 9.48 Å². The predicted octanol–water partition coefficient (Wildman–Crippen LogP) is 4.37. The summed E-state index contributed by atoms with van der Waals surface area (Å²) in [6, 6.07) is 8.99. The van der Waals surface area contributed by atoms with E-state index in [0.29, 0.717) is 25.2 Å². The molecule has 0 aliphatic heterocycles. The van der Waals surface area contributed by atoms with Crippen LogP contribution in [0.3, 0.4) is 0 Å². The van der Waals surface area contributed by atoms with Crippen molar-refractivity contribution >= 4 is 17.8 Å². The molecule has 7 heteroatoms. The van der Waals surface area contributed by atoms with Crippen LogP contribution in [0.25, 0.3) is 6.08 Å². The van der Waals surface area contributed by atoms with E-state index in [4.69, 9.17) is 4.74 Å². The first kappa shape index (κ1) is 19.6. The smallest absolute Gasteiger partial charge is 0.249 e. The maximum atomic E-state index is 12.7. The average molecular weight is 363 g/mol. The molecule has 0 saturated carbocycles. The fourth-order valence-electron chi connectivity index (χ4n) is 2.32. The van der Waals surface area contributed by atoms with Gasteiger partial charge in [-0.05, 0) is 43.5 Å². The number of methoxy groups -OCH3 is 1. The summed E-state index contributed by atoms with van der Waals surface area (Å²) < 4.78 is 32.2. The van der Waals surface area contributed by atoms with Gasteiger partial charge in [0.05, 0.1) is 7.11 Å². The molecule has 1 heterocycles. The number of rotatable bonds is 9. The lowest BCUT2D eigenvalue weighted by Gasteiger charge is -2.09. The largest absolute Gasteiger partial charge is 0.497 e. The summed E-state index contributed by atoms with van der Waals surface area (Å²) in [6.45, 7) is 1.46. The SMILES string of the molecule is COc1ccc(C=CC(=O)Nc2ccn(CCCCC(C)(F)F)n2)cc1. The Kier molecular flexibility index (Phi) is 6.89. The average Bonchev–Trinajstić information content (AvgIpc) is 3.04. The standard InChI is InChI=1S/C19H23F2N3O2/c1-19(20,21)12-3-4-13-24-14-11-17(23-24)22-18(25)10-7-15-5-8-16(26-2)9-6-15/h5-11,14H,3-4,12-13H2,1-2H3,(H,22,23,25). The van der Waals surface area contributed by atoms with E-state index in [1.807, 2.05) is 24.3 Å². The van der Waals surface area contributed by atoms with Gasteiger partial charge in [-0.2, -0.15) is 5.10 Å². The molecule has 0 bridgehead atoms. The highest BCUT2D eigenvalue weighted by Crippen LogP contribution is 2.20. The van der Waals surface area contributed by atoms with Crippen LogP contribution in [-0.4, -0.2) is 28.7 Å². The quantitative estimate of drug-likeness (QED) is 0.532. The molecule has 0 spiro atoms. The lowest BCUT2D eigenvalue weighted by Crippen LogP contribution is -2.10. The van der Waals surface area contributed by atoms with Crippen LogP contribution in [0, 0.1) is 0 Å². The van der Waals surface area contributed by atoms with E-state index in [0.717, 1.165) is 18.2 Å². The van der Waals surface area contributed by atoms with E-state index in [2.05, 4.69) is 10.4 Å². The van der Waals surface area contributed by atoms with Gasteiger partial charge in [-0.25, -0.2) is 8.78 Å². The Morgan fingerprint density at radius 3 is 2.65 bits per heavy atom. The number of ether oxygens (including phenoxy) is 1. The number of halogens is 2. The molecule has 2 aromatic rings. The molecule has 1 N–H and O–H groups in total. The van der Waals surface area contributed by atoms with Gasteiger partial charge in [0.15, 0.2) is 5.82 Å². The number of hydrogen-bond acceptors (Lipinski definition) is 3. The summed E-state index contributed by atoms with van der Waals surface area (Å²) in [6.07, 6.45) is 5.73. The van der Waals surface area contributed by atoms with Gasteiger partial charge in [-0.1, -0.05) is 12.1 Å². The van der Waals surface area contributed by atoms with Crippen LogP contribution in [-0.2, 0) is 11.3 Å². The number of carbonyl (C=O) groups is 1. The fourth-order valence-corrected chi connectivity index (χ4v) is 2.32. The Balaban J connectivity index is 1.78. The van der Waals surface area contributed by atoms with Crippen molar-refractivity contribution in [1.29, 1.82) is 0 Å². The van der Waals surface area contributed by atoms with E-state index >= 15 is 0 Å². The highest BCUT2D eigenvalue weighted by Gasteiger charge is 2.19. The minimum Gasteiger partial charge on any atom is -0.497 e. The summed E-state index contributed by atoms with van der Waals surface area (Å²) >= 11 is 0. The molecule has 0 aliphatic rings. The minimum absolute atomic E-state index is 0.131. The maximum Gasteiger partial charge on any atom is 0.249 e. The molecule has 0 atom stereocenters. The number of carbonyl (C=O) groups excluding carboxylic acids is 1. The Morgan fingerprint density at radius 1 is 1.27 bits per heavy atom. The zero-order chi connectivity index (χ0) is 19.0. The first-order chi connectivity index (χ1) is 12.4. The van der Waals surface area contributed by atoms with Crippen LogP contribution in [0.15, 0.2) is 42.6 Å². The predicted molar refractivity (Wildman–Crippen MR) is 97.4 cm³/mol. The number of anilines is 1. The molecule has 1 aromatic carbocycles. The third kappa shape index (κ3) is 7.04. The van der Waals surface area contributed by atoms with Crippen LogP contribution in [0.5, 0.6) is 5.75 Å². The second-order valence-electron chi connectivity index (χ2n) is 6.09. The Hall–Kier alpha value is -2.70. The second kappa shape index (κ2) is 9.12. The van der Waals surface area contributed by atoms with Crippen molar-refractivity contribution in [3.05, 3.63) is 48.2 Å². The molecule has 140 valence electrons. The van der Waals surface area contributed by atoms with Crippen molar-refractivity contribution in [1.82, 2.24) is 9.78 Å². The highest BCUT2D eigenvalue weighted by molar-refractivity contribution is 6.01. The van der Waals surface area contributed by atoms with Crippen LogP contribution < -0.4 is 10.1 Å². The van der Waals surface area contributed by atoms with Crippen molar-refractivity contribution < 1.29 is 18.3 Å². The number of nitrogens with one attached hydrogen (secondary N) is 1. The number of aromatic nitrogens is 2. The lowest BCUT2D eigenvalue weighted by atomic mass is 10.1. The topological polar surface area (TPSA) is 56.1 Å². The highest BCUT2D eigenvalue weighted by atomic mass is 19.3. The summed E-state index contributed by atoms with van der Waals surface area (Å²) in [5, 5.41) is 6.88. The number of unbranched alkanes of at least 4 members (excludes halogenated alkanes) is 1. The second-order valence-corrected chi connectivity index (χ2v) is 6.09. The monoisotopic (exact) mass is 363 g/mol. The van der Waals surface area contributed by atoms with E-state index in [1.54, 1.807) is 30.1 Å². The zero-order valence-corrected chi connectivity index (χ0v) is 14.9. The van der Waals surface area contributed by atoms with Gasteiger partial charge in [0, 0.05) is 31.3 Å². The van der Waals surface area contributed by atoms with Crippen molar-refractivity contribution in [2.45, 2.75) is 38.7 Å². The van der Waals surface area contributed by atoms with Crippen molar-refractivity contribution in [2.24, 2.45) is 0 Å². The zero-order valence-electron chi connectivity index (χ0n) is 14.9. The maximum absolute atomic E-state index is 12.7. The van der Waals surface area contributed by atoms with Gasteiger partial charge in [0.25, 0.3) is 0 Å². The molecule has 1 amide bonds. The van der Waals surface area contributed by atoms with Crippen LogP contribution in [0.4, 0.5) is 14.6 Å². The van der Waals surface area contributed by atoms with Gasteiger partial charge in [0.2, 0.25) is 11.8 Å². The summed E-state index contributed by atoms with van der Waals surface area (Å²) in [5.41, 5.74) is 0.874. The molecule has 0 unspecified atom stereocenters. The number of hydrogen-bond donors (Lipinski definition) is 1. The molecule has 26 heavy (non-hydrogen) atoms. The molecular formula is C19H23F2N3O2.